The molecule has 1 fully saturated rings. The number of carbonyl (C=O) groups excluding carboxylic acids is 1. The number of nitrogens with zero attached hydrogens (tertiary/aromatic N) is 2. The van der Waals surface area contributed by atoms with E-state index in [2.05, 4.69) is 15.3 Å². The van der Waals surface area contributed by atoms with Crippen molar-refractivity contribution >= 4 is 17.5 Å². The molecular weight excluding hydrogens is 294 g/mol. The SMILES string of the molecule is O=C(NC1(c2ncccn2)CCOCC1)c1ccc(Cl)o1. The minimum absolute atomic E-state index is 0.168. The maximum atomic E-state index is 12.3. The lowest BCUT2D eigenvalue weighted by Crippen LogP contribution is -2.50. The summed E-state index contributed by atoms with van der Waals surface area (Å²) in [6.45, 7) is 1.08. The van der Waals surface area contributed by atoms with Crippen molar-refractivity contribution in [1.82, 2.24) is 15.3 Å². The van der Waals surface area contributed by atoms with Crippen molar-refractivity contribution in [1.29, 1.82) is 0 Å². The summed E-state index contributed by atoms with van der Waals surface area (Å²) in [7, 11) is 0. The Hall–Kier alpha value is -1.92. The van der Waals surface area contributed by atoms with E-state index in [1.54, 1.807) is 18.5 Å². The van der Waals surface area contributed by atoms with Crippen LogP contribution in [0, 0.1) is 0 Å². The number of ether oxygens (including phenoxy) is 1. The molecule has 0 bridgehead atoms. The molecule has 0 saturated carbocycles. The molecular formula is C14H14ClN3O3. The standard InChI is InChI=1S/C14H14ClN3O3/c15-11-3-2-10(21-11)12(19)18-14(4-8-20-9-5-14)13-16-6-1-7-17-13/h1-3,6-7H,4-5,8-9H2,(H,18,19). The minimum atomic E-state index is -0.643. The number of hydrogen-bond acceptors (Lipinski definition) is 5. The molecule has 0 spiro atoms. The number of carbonyl (C=O) groups is 1. The Bertz CT molecular complexity index is 623. The summed E-state index contributed by atoms with van der Waals surface area (Å²) in [4.78, 5) is 20.9. The van der Waals surface area contributed by atoms with E-state index >= 15 is 0 Å². The van der Waals surface area contributed by atoms with E-state index in [-0.39, 0.29) is 16.9 Å². The van der Waals surface area contributed by atoms with E-state index in [0.717, 1.165) is 0 Å². The zero-order chi connectivity index (χ0) is 14.7. The van der Waals surface area contributed by atoms with Gasteiger partial charge in [-0.1, -0.05) is 0 Å². The van der Waals surface area contributed by atoms with E-state index in [9.17, 15) is 4.79 Å². The number of rotatable bonds is 3. The molecule has 1 saturated heterocycles. The highest BCUT2D eigenvalue weighted by molar-refractivity contribution is 6.29. The Labute approximate surface area is 126 Å². The van der Waals surface area contributed by atoms with Gasteiger partial charge in [-0.3, -0.25) is 4.79 Å². The highest BCUT2D eigenvalue weighted by Gasteiger charge is 2.39. The maximum absolute atomic E-state index is 12.3. The van der Waals surface area contributed by atoms with Crippen LogP contribution < -0.4 is 5.32 Å². The summed E-state index contributed by atoms with van der Waals surface area (Å²) in [6, 6.07) is 4.81. The van der Waals surface area contributed by atoms with Crippen molar-refractivity contribution in [3.63, 3.8) is 0 Å². The summed E-state index contributed by atoms with van der Waals surface area (Å²) in [6.07, 6.45) is 4.54. The zero-order valence-electron chi connectivity index (χ0n) is 11.2. The second-order valence-electron chi connectivity index (χ2n) is 4.82. The first-order valence-electron chi connectivity index (χ1n) is 6.63. The van der Waals surface area contributed by atoms with E-state index in [1.807, 2.05) is 0 Å². The molecule has 7 heteroatoms. The second-order valence-corrected chi connectivity index (χ2v) is 5.20. The third kappa shape index (κ3) is 2.91. The summed E-state index contributed by atoms with van der Waals surface area (Å²) >= 11 is 5.71. The fourth-order valence-electron chi connectivity index (χ4n) is 2.39. The molecule has 0 aliphatic carbocycles. The Morgan fingerprint density at radius 1 is 1.24 bits per heavy atom. The van der Waals surface area contributed by atoms with Crippen LogP contribution in [0.25, 0.3) is 0 Å². The summed E-state index contributed by atoms with van der Waals surface area (Å²) in [5, 5.41) is 3.16. The minimum Gasteiger partial charge on any atom is -0.440 e. The van der Waals surface area contributed by atoms with Gasteiger partial charge in [-0.2, -0.15) is 0 Å². The molecule has 0 unspecified atom stereocenters. The van der Waals surface area contributed by atoms with E-state index in [4.69, 9.17) is 20.8 Å². The van der Waals surface area contributed by atoms with E-state index < -0.39 is 5.54 Å². The highest BCUT2D eigenvalue weighted by Crippen LogP contribution is 2.30. The summed E-state index contributed by atoms with van der Waals surface area (Å²) in [5.74, 6) is 0.414. The van der Waals surface area contributed by atoms with Crippen LogP contribution in [0.4, 0.5) is 0 Å². The van der Waals surface area contributed by atoms with Gasteiger partial charge in [-0.05, 0) is 29.8 Å². The van der Waals surface area contributed by atoms with Crippen LogP contribution in [-0.4, -0.2) is 29.1 Å². The number of amides is 1. The van der Waals surface area contributed by atoms with Crippen LogP contribution in [0.5, 0.6) is 0 Å². The van der Waals surface area contributed by atoms with Crippen LogP contribution in [0.3, 0.4) is 0 Å². The molecule has 0 atom stereocenters. The first kappa shape index (κ1) is 14.0. The van der Waals surface area contributed by atoms with Gasteiger partial charge in [0.1, 0.15) is 5.54 Å². The third-order valence-electron chi connectivity index (χ3n) is 3.49. The molecule has 2 aromatic rings. The van der Waals surface area contributed by atoms with Crippen LogP contribution in [-0.2, 0) is 10.3 Å². The van der Waals surface area contributed by atoms with Crippen molar-refractivity contribution in [3.8, 4) is 0 Å². The fourth-order valence-corrected chi connectivity index (χ4v) is 2.53. The normalized spacial score (nSPS) is 17.4. The van der Waals surface area contributed by atoms with Gasteiger partial charge in [0.25, 0.3) is 5.91 Å². The number of furan rings is 1. The van der Waals surface area contributed by atoms with Gasteiger partial charge >= 0.3 is 0 Å². The summed E-state index contributed by atoms with van der Waals surface area (Å²) < 4.78 is 10.5. The number of nitrogens with one attached hydrogen (secondary N) is 1. The van der Waals surface area contributed by atoms with Crippen LogP contribution in [0.1, 0.15) is 29.2 Å². The Balaban J connectivity index is 1.88. The van der Waals surface area contributed by atoms with Gasteiger partial charge in [0.2, 0.25) is 0 Å². The van der Waals surface area contributed by atoms with Gasteiger partial charge in [-0.15, -0.1) is 0 Å². The van der Waals surface area contributed by atoms with Gasteiger partial charge in [-0.25, -0.2) is 9.97 Å². The van der Waals surface area contributed by atoms with Gasteiger partial charge in [0.15, 0.2) is 16.8 Å². The van der Waals surface area contributed by atoms with Crippen LogP contribution in [0.2, 0.25) is 5.22 Å². The molecule has 21 heavy (non-hydrogen) atoms. The first-order valence-corrected chi connectivity index (χ1v) is 7.00. The third-order valence-corrected chi connectivity index (χ3v) is 3.69. The molecule has 0 radical (unpaired) electrons. The lowest BCUT2D eigenvalue weighted by atomic mass is 9.88. The summed E-state index contributed by atoms with van der Waals surface area (Å²) in [5.41, 5.74) is -0.643. The predicted molar refractivity (Wildman–Crippen MR) is 74.9 cm³/mol. The Morgan fingerprint density at radius 3 is 2.57 bits per heavy atom. The average Bonchev–Trinajstić information content (AvgIpc) is 2.96. The Kier molecular flexibility index (Phi) is 3.90. The fraction of sp³-hybridized carbons (Fsp3) is 0.357. The maximum Gasteiger partial charge on any atom is 0.287 e. The largest absolute Gasteiger partial charge is 0.440 e. The number of aromatic nitrogens is 2. The van der Waals surface area contributed by atoms with Crippen molar-refractivity contribution in [2.24, 2.45) is 0 Å². The monoisotopic (exact) mass is 307 g/mol. The van der Waals surface area contributed by atoms with Crippen molar-refractivity contribution < 1.29 is 13.9 Å². The van der Waals surface area contributed by atoms with Crippen LogP contribution >= 0.6 is 11.6 Å². The van der Waals surface area contributed by atoms with Crippen molar-refractivity contribution in [2.45, 2.75) is 18.4 Å². The molecule has 0 aromatic carbocycles. The molecule has 110 valence electrons. The molecule has 3 heterocycles. The van der Waals surface area contributed by atoms with Gasteiger partial charge < -0.3 is 14.5 Å². The second kappa shape index (κ2) is 5.83. The highest BCUT2D eigenvalue weighted by atomic mass is 35.5. The molecule has 1 N–H and O–H groups in total. The number of hydrogen-bond donors (Lipinski definition) is 1. The first-order chi connectivity index (χ1) is 10.2. The Morgan fingerprint density at radius 2 is 1.95 bits per heavy atom. The zero-order valence-corrected chi connectivity index (χ0v) is 12.0. The van der Waals surface area contributed by atoms with Gasteiger partial charge in [0, 0.05) is 38.4 Å². The quantitative estimate of drug-likeness (QED) is 0.940. The van der Waals surface area contributed by atoms with E-state index in [1.165, 1.54) is 12.1 Å². The predicted octanol–water partition coefficient (Wildman–Crippen LogP) is 2.16. The molecule has 1 aliphatic rings. The molecule has 6 nitrogen and oxygen atoms in total. The van der Waals surface area contributed by atoms with Crippen molar-refractivity contribution in [2.75, 3.05) is 13.2 Å². The van der Waals surface area contributed by atoms with Gasteiger partial charge in [0.05, 0.1) is 0 Å². The topological polar surface area (TPSA) is 77.2 Å². The smallest absolute Gasteiger partial charge is 0.287 e. The molecule has 1 amide bonds. The van der Waals surface area contributed by atoms with Crippen LogP contribution in [0.15, 0.2) is 35.0 Å². The lowest BCUT2D eigenvalue weighted by Gasteiger charge is -2.36. The molecule has 3 rings (SSSR count). The van der Waals surface area contributed by atoms with Crippen molar-refractivity contribution in [3.05, 3.63) is 47.4 Å². The molecule has 1 aliphatic heterocycles. The number of halogens is 1. The lowest BCUT2D eigenvalue weighted by molar-refractivity contribution is 0.0306. The van der Waals surface area contributed by atoms with E-state index in [0.29, 0.717) is 31.9 Å². The average molecular weight is 308 g/mol. The molecule has 2 aromatic heterocycles.